The minimum absolute atomic E-state index is 0.841. The van der Waals surface area contributed by atoms with Gasteiger partial charge < -0.3 is 4.74 Å². The molecule has 0 aromatic carbocycles. The zero-order valence-electron chi connectivity index (χ0n) is 18.9. The first-order valence-electron chi connectivity index (χ1n) is 12.5. The fraction of sp³-hybridized carbons (Fsp3) is 0.960. The Labute approximate surface area is 177 Å². The Hall–Kier alpha value is -0.110. The molecule has 0 radical (unpaired) electrons. The highest BCUT2D eigenvalue weighted by atomic mass is 32.1. The lowest BCUT2D eigenvalue weighted by molar-refractivity contribution is 0.290. The Kier molecular flexibility index (Phi) is 23.8. The molecule has 0 saturated heterocycles. The van der Waals surface area contributed by atoms with Crippen LogP contribution in [0.25, 0.3) is 0 Å². The van der Waals surface area contributed by atoms with Crippen LogP contribution in [0.3, 0.4) is 0 Å². The summed E-state index contributed by atoms with van der Waals surface area (Å²) in [6, 6.07) is 0. The molecular weight excluding hydrogens is 348 g/mol. The molecule has 0 N–H and O–H groups in total. The van der Waals surface area contributed by atoms with E-state index in [0.29, 0.717) is 0 Å². The van der Waals surface area contributed by atoms with Gasteiger partial charge in [-0.2, -0.15) is 0 Å². The van der Waals surface area contributed by atoms with Gasteiger partial charge in [-0.1, -0.05) is 129 Å². The molecular formula is C25H50OS. The van der Waals surface area contributed by atoms with Gasteiger partial charge in [-0.3, -0.25) is 0 Å². The van der Waals surface area contributed by atoms with Crippen LogP contribution in [0.1, 0.15) is 149 Å². The molecule has 162 valence electrons. The minimum Gasteiger partial charge on any atom is -0.487 e. The van der Waals surface area contributed by atoms with E-state index in [4.69, 9.17) is 17.0 Å². The van der Waals surface area contributed by atoms with Crippen molar-refractivity contribution in [2.75, 3.05) is 6.61 Å². The maximum Gasteiger partial charge on any atom is 0.159 e. The second-order valence-corrected chi connectivity index (χ2v) is 8.79. The third-order valence-corrected chi connectivity index (χ3v) is 5.82. The first-order valence-corrected chi connectivity index (χ1v) is 12.9. The van der Waals surface area contributed by atoms with E-state index in [1.165, 1.54) is 128 Å². The van der Waals surface area contributed by atoms with Gasteiger partial charge in [-0.05, 0) is 25.1 Å². The highest BCUT2D eigenvalue weighted by Crippen LogP contribution is 2.13. The van der Waals surface area contributed by atoms with Crippen molar-refractivity contribution in [2.45, 2.75) is 149 Å². The van der Waals surface area contributed by atoms with Gasteiger partial charge in [-0.15, -0.1) is 0 Å². The Balaban J connectivity index is 3.12. The van der Waals surface area contributed by atoms with Crippen LogP contribution >= 0.6 is 12.2 Å². The van der Waals surface area contributed by atoms with Crippen molar-refractivity contribution >= 4 is 17.3 Å². The molecule has 0 unspecified atom stereocenters. The third kappa shape index (κ3) is 23.9. The molecule has 0 spiro atoms. The van der Waals surface area contributed by atoms with Gasteiger partial charge in [0.05, 0.1) is 6.61 Å². The van der Waals surface area contributed by atoms with Gasteiger partial charge in [0.2, 0.25) is 0 Å². The highest BCUT2D eigenvalue weighted by Gasteiger charge is 1.99. The summed E-state index contributed by atoms with van der Waals surface area (Å²) in [4.78, 5) is 0. The predicted octanol–water partition coefficient (Wildman–Crippen LogP) is 9.56. The average Bonchev–Trinajstić information content (AvgIpc) is 2.67. The predicted molar refractivity (Wildman–Crippen MR) is 127 cm³/mol. The summed E-state index contributed by atoms with van der Waals surface area (Å²) < 4.78 is 5.72. The molecule has 0 aliphatic heterocycles. The van der Waals surface area contributed by atoms with Crippen molar-refractivity contribution in [3.8, 4) is 0 Å². The zero-order chi connectivity index (χ0) is 19.8. The second-order valence-electron chi connectivity index (χ2n) is 8.33. The molecule has 0 amide bonds. The van der Waals surface area contributed by atoms with E-state index in [2.05, 4.69) is 13.8 Å². The van der Waals surface area contributed by atoms with E-state index in [0.717, 1.165) is 18.1 Å². The molecule has 27 heavy (non-hydrogen) atoms. The van der Waals surface area contributed by atoms with E-state index in [-0.39, 0.29) is 0 Å². The van der Waals surface area contributed by atoms with E-state index in [1.54, 1.807) is 0 Å². The van der Waals surface area contributed by atoms with Crippen LogP contribution in [0.2, 0.25) is 0 Å². The number of hydrogen-bond acceptors (Lipinski definition) is 2. The van der Waals surface area contributed by atoms with Gasteiger partial charge in [0.25, 0.3) is 0 Å². The summed E-state index contributed by atoms with van der Waals surface area (Å²) in [6.45, 7) is 5.40. The van der Waals surface area contributed by atoms with E-state index >= 15 is 0 Å². The molecule has 1 nitrogen and oxygen atoms in total. The summed E-state index contributed by atoms with van der Waals surface area (Å²) in [7, 11) is 0. The van der Waals surface area contributed by atoms with Crippen LogP contribution in [0.4, 0.5) is 0 Å². The van der Waals surface area contributed by atoms with Crippen molar-refractivity contribution < 1.29 is 4.74 Å². The van der Waals surface area contributed by atoms with Crippen molar-refractivity contribution in [1.29, 1.82) is 0 Å². The summed E-state index contributed by atoms with van der Waals surface area (Å²) in [5.41, 5.74) is 0. The quantitative estimate of drug-likeness (QED) is 0.133. The lowest BCUT2D eigenvalue weighted by Gasteiger charge is -2.07. The number of rotatable bonds is 22. The molecule has 0 aliphatic carbocycles. The maximum absolute atomic E-state index is 5.72. The van der Waals surface area contributed by atoms with E-state index in [9.17, 15) is 0 Å². The van der Waals surface area contributed by atoms with Gasteiger partial charge in [0.1, 0.15) is 0 Å². The van der Waals surface area contributed by atoms with Gasteiger partial charge in [0, 0.05) is 6.42 Å². The summed E-state index contributed by atoms with van der Waals surface area (Å²) in [5, 5.41) is 0.851. The van der Waals surface area contributed by atoms with Crippen LogP contribution < -0.4 is 0 Å². The number of unbranched alkanes of at least 4 members (excludes halogenated alkanes) is 18. The van der Waals surface area contributed by atoms with Crippen LogP contribution in [-0.2, 0) is 4.74 Å². The lowest BCUT2D eigenvalue weighted by Crippen LogP contribution is -2.03. The second kappa shape index (κ2) is 23.9. The van der Waals surface area contributed by atoms with Crippen molar-refractivity contribution in [3.05, 3.63) is 0 Å². The molecule has 0 heterocycles. The van der Waals surface area contributed by atoms with Crippen molar-refractivity contribution in [1.82, 2.24) is 0 Å². The highest BCUT2D eigenvalue weighted by molar-refractivity contribution is 7.80. The molecule has 0 rings (SSSR count). The summed E-state index contributed by atoms with van der Waals surface area (Å²) >= 11 is 5.35. The Morgan fingerprint density at radius 2 is 0.815 bits per heavy atom. The molecule has 0 fully saturated rings. The minimum atomic E-state index is 0.841. The molecule has 0 aliphatic rings. The lowest BCUT2D eigenvalue weighted by atomic mass is 10.1. The number of thiocarbonyl (C=S) groups is 1. The van der Waals surface area contributed by atoms with Crippen molar-refractivity contribution in [3.63, 3.8) is 0 Å². The first-order chi connectivity index (χ1) is 13.3. The van der Waals surface area contributed by atoms with Crippen LogP contribution in [-0.4, -0.2) is 11.7 Å². The average molecular weight is 399 g/mol. The molecule has 0 atom stereocenters. The molecule has 0 aromatic heterocycles. The zero-order valence-corrected chi connectivity index (χ0v) is 19.7. The number of ether oxygens (including phenoxy) is 1. The Morgan fingerprint density at radius 3 is 1.22 bits per heavy atom. The van der Waals surface area contributed by atoms with Crippen LogP contribution in [0.15, 0.2) is 0 Å². The topological polar surface area (TPSA) is 9.23 Å². The molecule has 0 aromatic rings. The smallest absolute Gasteiger partial charge is 0.159 e. The van der Waals surface area contributed by atoms with Crippen LogP contribution in [0, 0.1) is 0 Å². The number of hydrogen-bond donors (Lipinski definition) is 0. The summed E-state index contributed by atoms with van der Waals surface area (Å²) in [6.07, 6.45) is 28.5. The standard InChI is InChI=1S/C25H50OS/c1-3-5-7-9-11-13-14-15-16-18-20-22-24-26-25(27)23-21-19-17-12-10-8-6-4-2/h3-24H2,1-2H3. The van der Waals surface area contributed by atoms with Crippen molar-refractivity contribution in [2.24, 2.45) is 0 Å². The fourth-order valence-corrected chi connectivity index (χ4v) is 3.83. The normalized spacial score (nSPS) is 11.0. The maximum atomic E-state index is 5.72. The third-order valence-electron chi connectivity index (χ3n) is 5.50. The fourth-order valence-electron chi connectivity index (χ4n) is 3.60. The largest absolute Gasteiger partial charge is 0.487 e. The van der Waals surface area contributed by atoms with Gasteiger partial charge in [0.15, 0.2) is 5.05 Å². The molecule has 0 saturated carbocycles. The summed E-state index contributed by atoms with van der Waals surface area (Å²) in [5.74, 6) is 0. The molecule has 0 bridgehead atoms. The first kappa shape index (κ1) is 26.9. The molecule has 2 heteroatoms. The van der Waals surface area contributed by atoms with Gasteiger partial charge in [-0.25, -0.2) is 0 Å². The Bertz CT molecular complexity index is 290. The SMILES string of the molecule is CCCCCCCCCCCCCCOC(=S)CCCCCCCCCC. The van der Waals surface area contributed by atoms with Crippen LogP contribution in [0.5, 0.6) is 0 Å². The monoisotopic (exact) mass is 398 g/mol. The van der Waals surface area contributed by atoms with E-state index < -0.39 is 0 Å². The van der Waals surface area contributed by atoms with Gasteiger partial charge >= 0.3 is 0 Å². The Morgan fingerprint density at radius 1 is 0.481 bits per heavy atom. The van der Waals surface area contributed by atoms with E-state index in [1.807, 2.05) is 0 Å².